The lowest BCUT2D eigenvalue weighted by Crippen LogP contribution is -2.12. The van der Waals surface area contributed by atoms with E-state index >= 15 is 0 Å². The minimum Gasteiger partial charge on any atom is -0.298 e. The molecule has 0 aliphatic heterocycles. The van der Waals surface area contributed by atoms with Gasteiger partial charge in [-0.3, -0.25) is 14.9 Å². The summed E-state index contributed by atoms with van der Waals surface area (Å²) in [6.45, 7) is 4.30. The Kier molecular flexibility index (Phi) is 5.23. The van der Waals surface area contributed by atoms with E-state index in [1.165, 1.54) is 16.9 Å². The van der Waals surface area contributed by atoms with Crippen LogP contribution >= 0.6 is 11.3 Å². The fourth-order valence-corrected chi connectivity index (χ4v) is 3.96. The van der Waals surface area contributed by atoms with Crippen LogP contribution in [0.5, 0.6) is 0 Å². The number of thiazole rings is 1. The van der Waals surface area contributed by atoms with E-state index in [-0.39, 0.29) is 11.7 Å². The van der Waals surface area contributed by atoms with Crippen molar-refractivity contribution in [3.05, 3.63) is 95.1 Å². The molecule has 4 rings (SSSR count). The number of rotatable bonds is 5. The molecule has 1 amide bonds. The van der Waals surface area contributed by atoms with Gasteiger partial charge < -0.3 is 0 Å². The van der Waals surface area contributed by atoms with Crippen LogP contribution < -0.4 is 5.32 Å². The van der Waals surface area contributed by atoms with Crippen molar-refractivity contribution in [2.75, 3.05) is 5.32 Å². The number of aromatic nitrogens is 1. The number of nitrogens with one attached hydrogen (secondary N) is 1. The van der Waals surface area contributed by atoms with Gasteiger partial charge in [0.2, 0.25) is 0 Å². The van der Waals surface area contributed by atoms with E-state index in [4.69, 9.17) is 0 Å². The number of fused-ring (bicyclic) bond motifs is 1. The minimum atomic E-state index is -0.244. The Balaban J connectivity index is 1.50. The average Bonchev–Trinajstić information content (AvgIpc) is 3.15. The van der Waals surface area contributed by atoms with Crippen molar-refractivity contribution in [2.24, 2.45) is 0 Å². The Morgan fingerprint density at radius 1 is 0.862 bits per heavy atom. The Hall–Kier alpha value is -3.31. The molecule has 0 bridgehead atoms. The van der Waals surface area contributed by atoms with E-state index in [9.17, 15) is 9.59 Å². The first-order valence-electron chi connectivity index (χ1n) is 9.43. The molecule has 0 aliphatic carbocycles. The highest BCUT2D eigenvalue weighted by Gasteiger charge is 2.13. The summed E-state index contributed by atoms with van der Waals surface area (Å²) >= 11 is 1.46. The minimum absolute atomic E-state index is 0.0651. The van der Waals surface area contributed by atoms with Crippen LogP contribution in [0.25, 0.3) is 10.2 Å². The van der Waals surface area contributed by atoms with Gasteiger partial charge in [-0.15, -0.1) is 0 Å². The number of amides is 1. The van der Waals surface area contributed by atoms with E-state index in [1.807, 2.05) is 24.3 Å². The van der Waals surface area contributed by atoms with E-state index in [0.717, 1.165) is 10.2 Å². The first kappa shape index (κ1) is 19.0. The van der Waals surface area contributed by atoms with Gasteiger partial charge >= 0.3 is 0 Å². The largest absolute Gasteiger partial charge is 0.298 e. The number of benzene rings is 3. The van der Waals surface area contributed by atoms with Crippen LogP contribution in [0.4, 0.5) is 5.13 Å². The molecular formula is C24H20N2O2S. The summed E-state index contributed by atoms with van der Waals surface area (Å²) in [4.78, 5) is 29.6. The van der Waals surface area contributed by atoms with Gasteiger partial charge in [-0.2, -0.15) is 0 Å². The molecule has 1 N–H and O–H groups in total. The molecule has 4 nitrogen and oxygen atoms in total. The highest BCUT2D eigenvalue weighted by Crippen LogP contribution is 2.29. The fraction of sp³-hybridized carbons (Fsp3) is 0.125. The maximum absolute atomic E-state index is 12.6. The molecule has 0 saturated heterocycles. The van der Waals surface area contributed by atoms with Gasteiger partial charge in [-0.25, -0.2) is 4.98 Å². The number of nitrogens with zero attached hydrogens (tertiary/aromatic N) is 1. The molecule has 0 fully saturated rings. The number of hydrogen-bond acceptors (Lipinski definition) is 4. The molecule has 0 spiro atoms. The number of carbonyl (C=O) groups excluding carboxylic acids is 2. The molecule has 5 heteroatoms. The molecular weight excluding hydrogens is 380 g/mol. The number of hydrogen-bond donors (Lipinski definition) is 1. The molecule has 144 valence electrons. The lowest BCUT2D eigenvalue weighted by atomic mass is 10.0. The third kappa shape index (κ3) is 4.10. The number of ketones is 1. The predicted molar refractivity (Wildman–Crippen MR) is 118 cm³/mol. The summed E-state index contributed by atoms with van der Waals surface area (Å²) in [6.07, 6.45) is 0. The van der Waals surface area contributed by atoms with E-state index in [2.05, 4.69) is 36.3 Å². The van der Waals surface area contributed by atoms with Gasteiger partial charge in [-0.05, 0) is 35.7 Å². The first-order valence-corrected chi connectivity index (χ1v) is 10.2. The SMILES string of the molecule is CC(C)c1ccc2nc(NC(=O)c3ccc(C(=O)c4ccccc4)cc3)sc2c1. The van der Waals surface area contributed by atoms with Gasteiger partial charge in [0, 0.05) is 16.7 Å². The zero-order valence-electron chi connectivity index (χ0n) is 16.2. The summed E-state index contributed by atoms with van der Waals surface area (Å²) in [5.74, 6) is 0.133. The topological polar surface area (TPSA) is 59.1 Å². The van der Waals surface area contributed by atoms with Crippen molar-refractivity contribution in [1.82, 2.24) is 4.98 Å². The second-order valence-corrected chi connectivity index (χ2v) is 8.16. The summed E-state index contributed by atoms with van der Waals surface area (Å²) in [6, 6.07) is 21.9. The zero-order valence-corrected chi connectivity index (χ0v) is 17.0. The van der Waals surface area contributed by atoms with Crippen LogP contribution in [0.15, 0.2) is 72.8 Å². The fourth-order valence-electron chi connectivity index (χ4n) is 3.05. The molecule has 0 radical (unpaired) electrons. The maximum Gasteiger partial charge on any atom is 0.257 e. The molecule has 3 aromatic carbocycles. The lowest BCUT2D eigenvalue weighted by Gasteiger charge is -2.04. The van der Waals surface area contributed by atoms with Crippen molar-refractivity contribution in [3.8, 4) is 0 Å². The smallest absolute Gasteiger partial charge is 0.257 e. The third-order valence-corrected chi connectivity index (χ3v) is 5.68. The molecule has 0 saturated carbocycles. The third-order valence-electron chi connectivity index (χ3n) is 4.74. The normalized spacial score (nSPS) is 11.0. The van der Waals surface area contributed by atoms with Crippen molar-refractivity contribution in [1.29, 1.82) is 0 Å². The molecule has 0 aliphatic rings. The van der Waals surface area contributed by atoms with Gasteiger partial charge in [-0.1, -0.05) is 73.7 Å². The lowest BCUT2D eigenvalue weighted by molar-refractivity contribution is 0.102. The Labute approximate surface area is 173 Å². The predicted octanol–water partition coefficient (Wildman–Crippen LogP) is 5.90. The standard InChI is InChI=1S/C24H20N2O2S/c1-15(2)19-12-13-20-21(14-19)29-24(25-20)26-23(28)18-10-8-17(9-11-18)22(27)16-6-4-3-5-7-16/h3-15H,1-2H3,(H,25,26,28). The monoisotopic (exact) mass is 400 g/mol. The second-order valence-electron chi connectivity index (χ2n) is 7.13. The Morgan fingerprint density at radius 3 is 2.21 bits per heavy atom. The summed E-state index contributed by atoms with van der Waals surface area (Å²) in [5, 5.41) is 3.43. The highest BCUT2D eigenvalue weighted by molar-refractivity contribution is 7.22. The van der Waals surface area contributed by atoms with Crippen LogP contribution in [0.3, 0.4) is 0 Å². The van der Waals surface area contributed by atoms with Crippen molar-refractivity contribution in [3.63, 3.8) is 0 Å². The van der Waals surface area contributed by atoms with E-state index < -0.39 is 0 Å². The van der Waals surface area contributed by atoms with Crippen molar-refractivity contribution >= 4 is 38.4 Å². The molecule has 29 heavy (non-hydrogen) atoms. The van der Waals surface area contributed by atoms with Gasteiger partial charge in [0.1, 0.15) is 0 Å². The Bertz CT molecular complexity index is 1180. The first-order chi connectivity index (χ1) is 14.0. The van der Waals surface area contributed by atoms with Crippen LogP contribution in [0, 0.1) is 0 Å². The maximum atomic E-state index is 12.6. The molecule has 1 heterocycles. The van der Waals surface area contributed by atoms with Gasteiger partial charge in [0.15, 0.2) is 10.9 Å². The van der Waals surface area contributed by atoms with Crippen LogP contribution in [0.2, 0.25) is 0 Å². The summed E-state index contributed by atoms with van der Waals surface area (Å²) in [7, 11) is 0. The molecule has 0 unspecified atom stereocenters. The van der Waals surface area contributed by atoms with E-state index in [0.29, 0.717) is 27.7 Å². The van der Waals surface area contributed by atoms with Gasteiger partial charge in [0.25, 0.3) is 5.91 Å². The summed E-state index contributed by atoms with van der Waals surface area (Å²) < 4.78 is 1.05. The quantitative estimate of drug-likeness (QED) is 0.424. The summed E-state index contributed by atoms with van der Waals surface area (Å²) in [5.41, 5.74) is 3.78. The van der Waals surface area contributed by atoms with Crippen LogP contribution in [0.1, 0.15) is 51.6 Å². The highest BCUT2D eigenvalue weighted by atomic mass is 32.1. The number of anilines is 1. The van der Waals surface area contributed by atoms with E-state index in [1.54, 1.807) is 36.4 Å². The van der Waals surface area contributed by atoms with Crippen LogP contribution in [-0.2, 0) is 0 Å². The Morgan fingerprint density at radius 2 is 1.52 bits per heavy atom. The molecule has 4 aromatic rings. The van der Waals surface area contributed by atoms with Crippen molar-refractivity contribution in [2.45, 2.75) is 19.8 Å². The van der Waals surface area contributed by atoms with Crippen molar-refractivity contribution < 1.29 is 9.59 Å². The molecule has 1 aromatic heterocycles. The average molecular weight is 401 g/mol. The molecule has 0 atom stereocenters. The zero-order chi connectivity index (χ0) is 20.4. The second kappa shape index (κ2) is 7.97. The van der Waals surface area contributed by atoms with Crippen LogP contribution in [-0.4, -0.2) is 16.7 Å². The number of carbonyl (C=O) groups is 2. The van der Waals surface area contributed by atoms with Gasteiger partial charge in [0.05, 0.1) is 10.2 Å².